The monoisotopic (exact) mass is 441 g/mol. The summed E-state index contributed by atoms with van der Waals surface area (Å²) >= 11 is 2.97. The average molecular weight is 442 g/mol. The molecule has 158 valence electrons. The van der Waals surface area contributed by atoms with Gasteiger partial charge in [-0.05, 0) is 42.2 Å². The molecule has 3 aromatic rings. The van der Waals surface area contributed by atoms with Crippen molar-refractivity contribution in [1.29, 1.82) is 0 Å². The molecule has 0 saturated carbocycles. The lowest BCUT2D eigenvalue weighted by Crippen LogP contribution is -2.27. The second-order valence-electron chi connectivity index (χ2n) is 8.00. The SMILES string of the molecule is Cc1ccc(SCCNC(=O)CSc2nnc(-c3ccc(C(C)(C)C)cc3)o2)cc1. The van der Waals surface area contributed by atoms with Gasteiger partial charge in [-0.25, -0.2) is 0 Å². The van der Waals surface area contributed by atoms with Crippen LogP contribution in [0.25, 0.3) is 11.5 Å². The maximum absolute atomic E-state index is 12.0. The third-order valence-electron chi connectivity index (χ3n) is 4.45. The number of hydrogen-bond donors (Lipinski definition) is 1. The number of nitrogens with zero attached hydrogens (tertiary/aromatic N) is 2. The van der Waals surface area contributed by atoms with E-state index in [9.17, 15) is 4.79 Å². The summed E-state index contributed by atoms with van der Waals surface area (Å²) in [6, 6.07) is 16.5. The minimum absolute atomic E-state index is 0.0428. The number of rotatable bonds is 8. The Morgan fingerprint density at radius 2 is 1.70 bits per heavy atom. The molecule has 1 aromatic heterocycles. The Bertz CT molecular complexity index is 961. The molecule has 1 N–H and O–H groups in total. The van der Waals surface area contributed by atoms with E-state index in [0.29, 0.717) is 17.7 Å². The van der Waals surface area contributed by atoms with Crippen LogP contribution in [0.2, 0.25) is 0 Å². The largest absolute Gasteiger partial charge is 0.411 e. The fraction of sp³-hybridized carbons (Fsp3) is 0.348. The van der Waals surface area contributed by atoms with Crippen molar-refractivity contribution in [3.05, 3.63) is 59.7 Å². The van der Waals surface area contributed by atoms with Crippen molar-refractivity contribution in [2.75, 3.05) is 18.1 Å². The number of nitrogens with one attached hydrogen (secondary N) is 1. The fourth-order valence-corrected chi connectivity index (χ4v) is 4.03. The van der Waals surface area contributed by atoms with Gasteiger partial charge in [-0.15, -0.1) is 22.0 Å². The highest BCUT2D eigenvalue weighted by Crippen LogP contribution is 2.27. The summed E-state index contributed by atoms with van der Waals surface area (Å²) in [5.74, 6) is 1.50. The molecule has 0 bridgehead atoms. The third kappa shape index (κ3) is 6.64. The Labute approximate surface area is 186 Å². The maximum Gasteiger partial charge on any atom is 0.277 e. The van der Waals surface area contributed by atoms with E-state index in [1.165, 1.54) is 27.8 Å². The lowest BCUT2D eigenvalue weighted by atomic mass is 9.87. The molecule has 0 radical (unpaired) electrons. The third-order valence-corrected chi connectivity index (χ3v) is 6.28. The molecular formula is C23H27N3O2S2. The van der Waals surface area contributed by atoms with E-state index in [0.717, 1.165) is 11.3 Å². The van der Waals surface area contributed by atoms with Crippen LogP contribution in [0.3, 0.4) is 0 Å². The average Bonchev–Trinajstić information content (AvgIpc) is 3.19. The first-order chi connectivity index (χ1) is 14.3. The van der Waals surface area contributed by atoms with Crippen molar-refractivity contribution in [2.45, 2.75) is 43.2 Å². The number of benzene rings is 2. The number of carbonyl (C=O) groups is 1. The normalized spacial score (nSPS) is 11.5. The number of aromatic nitrogens is 2. The first-order valence-electron chi connectivity index (χ1n) is 9.85. The van der Waals surface area contributed by atoms with Gasteiger partial charge in [0.1, 0.15) is 0 Å². The van der Waals surface area contributed by atoms with Gasteiger partial charge < -0.3 is 9.73 Å². The van der Waals surface area contributed by atoms with Crippen LogP contribution < -0.4 is 5.32 Å². The van der Waals surface area contributed by atoms with Gasteiger partial charge in [-0.2, -0.15) is 0 Å². The van der Waals surface area contributed by atoms with E-state index < -0.39 is 0 Å². The van der Waals surface area contributed by atoms with E-state index in [-0.39, 0.29) is 17.1 Å². The van der Waals surface area contributed by atoms with Crippen LogP contribution in [0.5, 0.6) is 0 Å². The summed E-state index contributed by atoms with van der Waals surface area (Å²) < 4.78 is 5.70. The minimum Gasteiger partial charge on any atom is -0.411 e. The number of carbonyl (C=O) groups excluding carboxylic acids is 1. The van der Waals surface area contributed by atoms with Crippen molar-refractivity contribution >= 4 is 29.4 Å². The molecule has 0 unspecified atom stereocenters. The molecular weight excluding hydrogens is 414 g/mol. The molecule has 2 aromatic carbocycles. The molecule has 0 fully saturated rings. The molecule has 1 heterocycles. The Morgan fingerprint density at radius 1 is 1.00 bits per heavy atom. The first kappa shape index (κ1) is 22.4. The summed E-state index contributed by atoms with van der Waals surface area (Å²) in [6.07, 6.45) is 0. The van der Waals surface area contributed by atoms with Crippen LogP contribution in [0.15, 0.2) is 63.1 Å². The smallest absolute Gasteiger partial charge is 0.277 e. The van der Waals surface area contributed by atoms with Gasteiger partial charge in [0.05, 0.1) is 5.75 Å². The van der Waals surface area contributed by atoms with Gasteiger partial charge >= 0.3 is 0 Å². The Kier molecular flexibility index (Phi) is 7.61. The van der Waals surface area contributed by atoms with Gasteiger partial charge in [0.15, 0.2) is 0 Å². The molecule has 0 aliphatic rings. The molecule has 1 amide bonds. The van der Waals surface area contributed by atoms with Gasteiger partial charge in [0.25, 0.3) is 5.22 Å². The topological polar surface area (TPSA) is 68.0 Å². The summed E-state index contributed by atoms with van der Waals surface area (Å²) in [4.78, 5) is 13.3. The van der Waals surface area contributed by atoms with Gasteiger partial charge in [-0.3, -0.25) is 4.79 Å². The zero-order valence-corrected chi connectivity index (χ0v) is 19.4. The Balaban J connectivity index is 1.41. The first-order valence-corrected chi connectivity index (χ1v) is 11.8. The molecule has 0 saturated heterocycles. The van der Waals surface area contributed by atoms with Crippen LogP contribution in [-0.2, 0) is 10.2 Å². The highest BCUT2D eigenvalue weighted by Gasteiger charge is 2.15. The number of aryl methyl sites for hydroxylation is 1. The predicted octanol–water partition coefficient (Wildman–Crippen LogP) is 5.34. The van der Waals surface area contributed by atoms with Crippen molar-refractivity contribution in [1.82, 2.24) is 15.5 Å². The second kappa shape index (κ2) is 10.2. The molecule has 30 heavy (non-hydrogen) atoms. The van der Waals surface area contributed by atoms with E-state index in [1.54, 1.807) is 11.8 Å². The minimum atomic E-state index is -0.0428. The lowest BCUT2D eigenvalue weighted by molar-refractivity contribution is -0.118. The number of hydrogen-bond acceptors (Lipinski definition) is 6. The van der Waals surface area contributed by atoms with Crippen LogP contribution >= 0.6 is 23.5 Å². The fourth-order valence-electron chi connectivity index (χ4n) is 2.67. The number of thioether (sulfide) groups is 2. The molecule has 0 aliphatic heterocycles. The molecule has 0 atom stereocenters. The highest BCUT2D eigenvalue weighted by molar-refractivity contribution is 7.99. The number of amides is 1. The summed E-state index contributed by atoms with van der Waals surface area (Å²) in [7, 11) is 0. The lowest BCUT2D eigenvalue weighted by Gasteiger charge is -2.18. The van der Waals surface area contributed by atoms with Crippen LogP contribution in [0.4, 0.5) is 0 Å². The predicted molar refractivity (Wildman–Crippen MR) is 124 cm³/mol. The highest BCUT2D eigenvalue weighted by atomic mass is 32.2. The van der Waals surface area contributed by atoms with E-state index in [4.69, 9.17) is 4.42 Å². The summed E-state index contributed by atoms with van der Waals surface area (Å²) in [5, 5.41) is 11.5. The molecule has 7 heteroatoms. The van der Waals surface area contributed by atoms with Gasteiger partial charge in [-0.1, -0.05) is 62.4 Å². The summed E-state index contributed by atoms with van der Waals surface area (Å²) in [6.45, 7) is 9.22. The summed E-state index contributed by atoms with van der Waals surface area (Å²) in [5.41, 5.74) is 3.47. The van der Waals surface area contributed by atoms with E-state index in [2.05, 4.69) is 79.6 Å². The van der Waals surface area contributed by atoms with Crippen LogP contribution in [-0.4, -0.2) is 34.2 Å². The second-order valence-corrected chi connectivity index (χ2v) is 10.1. The van der Waals surface area contributed by atoms with Crippen LogP contribution in [0.1, 0.15) is 31.9 Å². The van der Waals surface area contributed by atoms with Crippen molar-refractivity contribution in [3.63, 3.8) is 0 Å². The molecule has 0 aliphatic carbocycles. The van der Waals surface area contributed by atoms with Crippen molar-refractivity contribution < 1.29 is 9.21 Å². The van der Waals surface area contributed by atoms with Gasteiger partial charge in [0.2, 0.25) is 11.8 Å². The van der Waals surface area contributed by atoms with Crippen molar-refractivity contribution in [2.24, 2.45) is 0 Å². The zero-order chi connectivity index (χ0) is 21.6. The van der Waals surface area contributed by atoms with Crippen LogP contribution in [0, 0.1) is 6.92 Å². The van der Waals surface area contributed by atoms with Gasteiger partial charge in [0, 0.05) is 22.8 Å². The Hall–Kier alpha value is -2.25. The maximum atomic E-state index is 12.0. The Morgan fingerprint density at radius 3 is 2.37 bits per heavy atom. The molecule has 0 spiro atoms. The molecule has 5 nitrogen and oxygen atoms in total. The molecule has 3 rings (SSSR count). The zero-order valence-electron chi connectivity index (χ0n) is 17.8. The van der Waals surface area contributed by atoms with E-state index in [1.807, 2.05) is 12.1 Å². The quantitative estimate of drug-likeness (QED) is 0.376. The van der Waals surface area contributed by atoms with Crippen molar-refractivity contribution in [3.8, 4) is 11.5 Å². The standard InChI is InChI=1S/C23H27N3O2S2/c1-16-5-11-19(12-6-16)29-14-13-24-20(27)15-30-22-26-25-21(28-22)17-7-9-18(10-8-17)23(2,3)4/h5-12H,13-15H2,1-4H3,(H,24,27). The van der Waals surface area contributed by atoms with E-state index >= 15 is 0 Å².